The van der Waals surface area contributed by atoms with Gasteiger partial charge in [-0.3, -0.25) is 9.20 Å². The van der Waals surface area contributed by atoms with Gasteiger partial charge in [0.15, 0.2) is 11.5 Å². The summed E-state index contributed by atoms with van der Waals surface area (Å²) < 4.78 is 1.93. The molecule has 1 amide bonds. The number of pyridine rings is 1. The van der Waals surface area contributed by atoms with Crippen LogP contribution in [0.25, 0.3) is 15.5 Å². The summed E-state index contributed by atoms with van der Waals surface area (Å²) >= 11 is 4.76. The Balaban J connectivity index is 1.57. The maximum absolute atomic E-state index is 12.8. The van der Waals surface area contributed by atoms with E-state index >= 15 is 0 Å². The van der Waals surface area contributed by atoms with Gasteiger partial charge in [-0.2, -0.15) is 11.8 Å². The lowest BCUT2D eigenvalue weighted by Crippen LogP contribution is -2.29. The number of thiophene rings is 1. The van der Waals surface area contributed by atoms with Crippen LogP contribution in [-0.4, -0.2) is 37.5 Å². The Morgan fingerprint density at radius 1 is 1.30 bits per heavy atom. The largest absolute Gasteiger partial charge is 0.341 e. The van der Waals surface area contributed by atoms with Gasteiger partial charge in [-0.1, -0.05) is 12.1 Å². The molecule has 0 fully saturated rings. The fraction of sp³-hybridized carbons (Fsp3) is 0.222. The molecule has 6 nitrogen and oxygen atoms in total. The minimum absolute atomic E-state index is 0.130. The van der Waals surface area contributed by atoms with E-state index in [1.54, 1.807) is 29.3 Å². The number of fused-ring (bicyclic) bond motifs is 1. The van der Waals surface area contributed by atoms with Gasteiger partial charge in [0.25, 0.3) is 5.91 Å². The topological polar surface area (TPSA) is 72.2 Å². The molecule has 1 N–H and O–H groups in total. The number of aromatic nitrogens is 4. The summed E-state index contributed by atoms with van der Waals surface area (Å²) in [5.41, 5.74) is 0.772. The first kappa shape index (κ1) is 18.1. The second-order valence-corrected chi connectivity index (χ2v) is 8.77. The zero-order chi connectivity index (χ0) is 18.6. The van der Waals surface area contributed by atoms with Crippen molar-refractivity contribution in [3.63, 3.8) is 0 Å². The molecular weight excluding hydrogens is 398 g/mol. The number of carbonyl (C=O) groups is 1. The van der Waals surface area contributed by atoms with Gasteiger partial charge >= 0.3 is 0 Å². The van der Waals surface area contributed by atoms with Gasteiger partial charge in [0.05, 0.1) is 17.1 Å². The third-order valence-electron chi connectivity index (χ3n) is 4.03. The van der Waals surface area contributed by atoms with Gasteiger partial charge < -0.3 is 5.32 Å². The Kier molecular flexibility index (Phi) is 5.51. The number of nitrogens with zero attached hydrogens (tertiary/aromatic N) is 4. The summed E-state index contributed by atoms with van der Waals surface area (Å²) in [6.07, 6.45) is 6.39. The van der Waals surface area contributed by atoms with Gasteiger partial charge in [0.1, 0.15) is 9.88 Å². The second kappa shape index (κ2) is 8.20. The van der Waals surface area contributed by atoms with Crippen molar-refractivity contribution in [1.29, 1.82) is 0 Å². The van der Waals surface area contributed by atoms with E-state index in [1.165, 1.54) is 11.3 Å². The highest BCUT2D eigenvalue weighted by molar-refractivity contribution is 7.98. The van der Waals surface area contributed by atoms with Crippen molar-refractivity contribution in [2.45, 2.75) is 12.5 Å². The first-order valence-electron chi connectivity index (χ1n) is 8.35. The van der Waals surface area contributed by atoms with Gasteiger partial charge in [-0.15, -0.1) is 32.9 Å². The number of rotatable bonds is 7. The predicted octanol–water partition coefficient (Wildman–Crippen LogP) is 4.14. The van der Waals surface area contributed by atoms with Crippen LogP contribution < -0.4 is 5.32 Å². The van der Waals surface area contributed by atoms with Crippen LogP contribution in [0.5, 0.6) is 0 Å². The van der Waals surface area contributed by atoms with Crippen LogP contribution in [0.1, 0.15) is 28.0 Å². The van der Waals surface area contributed by atoms with E-state index in [0.717, 1.165) is 33.5 Å². The quantitative estimate of drug-likeness (QED) is 0.491. The molecule has 4 aromatic heterocycles. The van der Waals surface area contributed by atoms with Gasteiger partial charge in [0.2, 0.25) is 0 Å². The number of hydrogen-bond acceptors (Lipinski definition) is 7. The highest BCUT2D eigenvalue weighted by Crippen LogP contribution is 2.29. The molecule has 138 valence electrons. The smallest absolute Gasteiger partial charge is 0.263 e. The molecule has 0 saturated heterocycles. The van der Waals surface area contributed by atoms with Crippen molar-refractivity contribution in [1.82, 2.24) is 24.9 Å². The van der Waals surface area contributed by atoms with E-state index in [2.05, 4.69) is 26.8 Å². The number of carbonyl (C=O) groups excluding carboxylic acids is 1. The minimum atomic E-state index is -0.213. The molecule has 0 aliphatic heterocycles. The van der Waals surface area contributed by atoms with E-state index in [0.29, 0.717) is 4.88 Å². The first-order valence-corrected chi connectivity index (χ1v) is 11.4. The molecule has 0 aliphatic carbocycles. The standard InChI is InChI=1S/C18H17N5OS3/c1-25-10-7-12(16-22-21-15-6-2-3-8-23(15)16)20-17(24)14-11-19-18(27-14)13-5-4-9-26-13/h2-6,8-9,11-12H,7,10H2,1H3,(H,20,24). The zero-order valence-corrected chi connectivity index (χ0v) is 17.0. The van der Waals surface area contributed by atoms with E-state index in [-0.39, 0.29) is 11.9 Å². The van der Waals surface area contributed by atoms with Crippen LogP contribution in [0, 0.1) is 0 Å². The first-order chi connectivity index (χ1) is 13.3. The average Bonchev–Trinajstić information content (AvgIpc) is 3.44. The highest BCUT2D eigenvalue weighted by atomic mass is 32.2. The lowest BCUT2D eigenvalue weighted by atomic mass is 10.2. The van der Waals surface area contributed by atoms with Gasteiger partial charge in [-0.05, 0) is 42.0 Å². The molecule has 1 atom stereocenters. The number of thiazole rings is 1. The molecule has 0 radical (unpaired) electrons. The molecule has 0 bridgehead atoms. The number of nitrogens with one attached hydrogen (secondary N) is 1. The Labute approximate surface area is 168 Å². The molecule has 4 heterocycles. The fourth-order valence-corrected chi connectivity index (χ4v) is 4.82. The van der Waals surface area contributed by atoms with Crippen LogP contribution in [0.4, 0.5) is 0 Å². The summed E-state index contributed by atoms with van der Waals surface area (Å²) in [5, 5.41) is 14.5. The maximum atomic E-state index is 12.8. The molecule has 0 saturated carbocycles. The summed E-state index contributed by atoms with van der Waals surface area (Å²) in [4.78, 5) is 18.9. The second-order valence-electron chi connectivity index (χ2n) is 5.80. The molecule has 0 aliphatic rings. The minimum Gasteiger partial charge on any atom is -0.341 e. The summed E-state index contributed by atoms with van der Waals surface area (Å²) in [5.74, 6) is 1.53. The van der Waals surface area contributed by atoms with Crippen molar-refractivity contribution in [3.05, 3.63) is 58.8 Å². The van der Waals surface area contributed by atoms with Crippen molar-refractivity contribution in [3.8, 4) is 9.88 Å². The Hall–Kier alpha value is -2.23. The predicted molar refractivity (Wildman–Crippen MR) is 112 cm³/mol. The summed E-state index contributed by atoms with van der Waals surface area (Å²) in [7, 11) is 0. The SMILES string of the molecule is CSCCC(NC(=O)c1cnc(-c2cccs2)s1)c1nnc2ccccn12. The maximum Gasteiger partial charge on any atom is 0.263 e. The normalized spacial score (nSPS) is 12.3. The van der Waals surface area contributed by atoms with Crippen molar-refractivity contribution in [2.24, 2.45) is 0 Å². The van der Waals surface area contributed by atoms with Crippen LogP contribution in [0.2, 0.25) is 0 Å². The number of amides is 1. The Morgan fingerprint density at radius 2 is 2.22 bits per heavy atom. The van der Waals surface area contributed by atoms with Gasteiger partial charge in [0, 0.05) is 6.20 Å². The van der Waals surface area contributed by atoms with Gasteiger partial charge in [-0.25, -0.2) is 4.98 Å². The van der Waals surface area contributed by atoms with E-state index < -0.39 is 0 Å². The molecule has 4 aromatic rings. The summed E-state index contributed by atoms with van der Waals surface area (Å²) in [6.45, 7) is 0. The molecule has 4 rings (SSSR count). The molecule has 27 heavy (non-hydrogen) atoms. The van der Waals surface area contributed by atoms with E-state index in [9.17, 15) is 4.79 Å². The van der Waals surface area contributed by atoms with E-state index in [1.807, 2.05) is 46.3 Å². The van der Waals surface area contributed by atoms with Crippen LogP contribution in [-0.2, 0) is 0 Å². The summed E-state index contributed by atoms with van der Waals surface area (Å²) in [6, 6.07) is 9.54. The third-order valence-corrected chi connectivity index (χ3v) is 6.71. The average molecular weight is 416 g/mol. The van der Waals surface area contributed by atoms with Crippen LogP contribution in [0.3, 0.4) is 0 Å². The number of thioether (sulfide) groups is 1. The van der Waals surface area contributed by atoms with Crippen molar-refractivity contribution < 1.29 is 4.79 Å². The van der Waals surface area contributed by atoms with E-state index in [4.69, 9.17) is 0 Å². The van der Waals surface area contributed by atoms with Crippen molar-refractivity contribution >= 4 is 46.0 Å². The third kappa shape index (κ3) is 3.90. The molecule has 0 spiro atoms. The molecule has 9 heteroatoms. The molecular formula is C18H17N5OS3. The van der Waals surface area contributed by atoms with Crippen molar-refractivity contribution in [2.75, 3.05) is 12.0 Å². The highest BCUT2D eigenvalue weighted by Gasteiger charge is 2.22. The van der Waals surface area contributed by atoms with Crippen LogP contribution in [0.15, 0.2) is 48.1 Å². The number of hydrogen-bond donors (Lipinski definition) is 1. The fourth-order valence-electron chi connectivity index (χ4n) is 2.72. The zero-order valence-electron chi connectivity index (χ0n) is 14.5. The lowest BCUT2D eigenvalue weighted by molar-refractivity contribution is 0.0937. The molecule has 0 aromatic carbocycles. The molecule has 1 unspecified atom stereocenters. The van der Waals surface area contributed by atoms with Crippen LogP contribution >= 0.6 is 34.4 Å². The Bertz CT molecular complexity index is 1040. The Morgan fingerprint density at radius 3 is 3.04 bits per heavy atom. The monoisotopic (exact) mass is 415 g/mol. The lowest BCUT2D eigenvalue weighted by Gasteiger charge is -2.16.